The summed E-state index contributed by atoms with van der Waals surface area (Å²) in [7, 11) is 1.31. The van der Waals surface area contributed by atoms with Gasteiger partial charge in [-0.3, -0.25) is 9.36 Å². The van der Waals surface area contributed by atoms with Crippen molar-refractivity contribution in [2.75, 3.05) is 54.1 Å². The molecule has 238 valence electrons. The highest BCUT2D eigenvalue weighted by molar-refractivity contribution is 7.45. The lowest BCUT2D eigenvalue weighted by Gasteiger charge is -2.28. The highest BCUT2D eigenvalue weighted by atomic mass is 31.2. The maximum Gasteiger partial charge on any atom is 0.306 e. The molecule has 0 amide bonds. The Morgan fingerprint density at radius 3 is 2.00 bits per heavy atom. The molecule has 0 N–H and O–H groups in total. The lowest BCUT2D eigenvalue weighted by molar-refractivity contribution is -0.870. The molecular weight excluding hydrogens is 541 g/mol. The maximum absolute atomic E-state index is 12.3. The molecule has 2 unspecified atom stereocenters. The number of likely N-dealkylation sites (N-methyl/N-ethyl adjacent to an activating group) is 1. The van der Waals surface area contributed by atoms with E-state index in [1.807, 2.05) is 21.1 Å². The number of ether oxygens (including phenoxy) is 2. The Bertz CT molecular complexity index is 802. The minimum absolute atomic E-state index is 0.0142. The van der Waals surface area contributed by atoms with Crippen molar-refractivity contribution in [2.24, 2.45) is 0 Å². The van der Waals surface area contributed by atoms with Crippen LogP contribution in [-0.2, 0) is 27.9 Å². The Morgan fingerprint density at radius 2 is 1.39 bits per heavy atom. The van der Waals surface area contributed by atoms with Gasteiger partial charge in [0.15, 0.2) is 0 Å². The SMILES string of the molecule is CC/C=C\C/C=C\C/C=C\C/C=C\CCCOCC(COP(=O)([O-])OCC[N+](C)(C)C)OC(=O)CCCCCCC. The topological polar surface area (TPSA) is 94.1 Å². The van der Waals surface area contributed by atoms with Crippen LogP contribution in [0.25, 0.3) is 0 Å². The molecule has 0 aliphatic heterocycles. The van der Waals surface area contributed by atoms with Crippen LogP contribution in [0.5, 0.6) is 0 Å². The van der Waals surface area contributed by atoms with Crippen LogP contribution < -0.4 is 4.89 Å². The number of carbonyl (C=O) groups is 1. The number of esters is 1. The molecule has 0 saturated heterocycles. The molecule has 0 bridgehead atoms. The fourth-order valence-electron chi connectivity index (χ4n) is 3.49. The molecule has 0 aromatic heterocycles. The summed E-state index contributed by atoms with van der Waals surface area (Å²) in [5.41, 5.74) is 0. The van der Waals surface area contributed by atoms with E-state index in [0.29, 0.717) is 24.1 Å². The summed E-state index contributed by atoms with van der Waals surface area (Å²) in [6.07, 6.45) is 27.4. The van der Waals surface area contributed by atoms with Gasteiger partial charge in [-0.15, -0.1) is 0 Å². The predicted molar refractivity (Wildman–Crippen MR) is 166 cm³/mol. The van der Waals surface area contributed by atoms with Crippen molar-refractivity contribution >= 4 is 13.8 Å². The summed E-state index contributed by atoms with van der Waals surface area (Å²) in [4.78, 5) is 24.5. The second kappa shape index (κ2) is 26.1. The molecule has 0 spiro atoms. The predicted octanol–water partition coefficient (Wildman–Crippen LogP) is 7.07. The molecule has 0 aromatic rings. The second-order valence-electron chi connectivity index (χ2n) is 11.1. The number of phosphoric acid groups is 1. The van der Waals surface area contributed by atoms with E-state index in [1.165, 1.54) is 0 Å². The minimum atomic E-state index is -4.51. The number of phosphoric ester groups is 1. The Hall–Kier alpha value is -1.54. The highest BCUT2D eigenvalue weighted by Crippen LogP contribution is 2.38. The number of nitrogens with zero attached hydrogens (tertiary/aromatic N) is 1. The summed E-state index contributed by atoms with van der Waals surface area (Å²) in [6, 6.07) is 0. The van der Waals surface area contributed by atoms with Crippen LogP contribution in [0.1, 0.15) is 90.9 Å². The van der Waals surface area contributed by atoms with E-state index in [4.69, 9.17) is 18.5 Å². The zero-order valence-corrected chi connectivity index (χ0v) is 27.4. The van der Waals surface area contributed by atoms with Crippen molar-refractivity contribution < 1.29 is 37.3 Å². The molecule has 9 heteroatoms. The van der Waals surface area contributed by atoms with Crippen LogP contribution in [0.2, 0.25) is 0 Å². The minimum Gasteiger partial charge on any atom is -0.756 e. The number of carbonyl (C=O) groups excluding carboxylic acids is 1. The van der Waals surface area contributed by atoms with Gasteiger partial charge in [-0.1, -0.05) is 88.1 Å². The first kappa shape index (κ1) is 39.5. The van der Waals surface area contributed by atoms with Crippen molar-refractivity contribution in [3.05, 3.63) is 48.6 Å². The zero-order chi connectivity index (χ0) is 30.7. The van der Waals surface area contributed by atoms with Crippen LogP contribution in [0.4, 0.5) is 0 Å². The second-order valence-corrected chi connectivity index (χ2v) is 12.5. The van der Waals surface area contributed by atoms with Gasteiger partial charge in [0.1, 0.15) is 19.3 Å². The standard InChI is InChI=1S/C32H58NO7P/c1-6-8-10-12-13-14-15-16-17-18-19-20-22-24-27-37-29-31(40-32(34)25-23-21-11-9-7-2)30-39-41(35,36)38-28-26-33(3,4)5/h8,10,13-14,16-17,19-20,31H,6-7,9,11-12,15,18,21-30H2,1-5H3/b10-8-,14-13-,17-16-,20-19-. The van der Waals surface area contributed by atoms with Gasteiger partial charge in [-0.25, -0.2) is 0 Å². The largest absolute Gasteiger partial charge is 0.756 e. The zero-order valence-electron chi connectivity index (χ0n) is 26.5. The Morgan fingerprint density at radius 1 is 0.780 bits per heavy atom. The molecule has 0 rings (SSSR count). The average Bonchev–Trinajstić information content (AvgIpc) is 2.90. The van der Waals surface area contributed by atoms with Crippen molar-refractivity contribution in [3.63, 3.8) is 0 Å². The fraction of sp³-hybridized carbons (Fsp3) is 0.719. The third-order valence-corrected chi connectivity index (χ3v) is 6.86. The number of allylic oxidation sites excluding steroid dienone is 8. The van der Waals surface area contributed by atoms with E-state index >= 15 is 0 Å². The van der Waals surface area contributed by atoms with Gasteiger partial charge < -0.3 is 27.9 Å². The maximum atomic E-state index is 12.3. The Labute approximate surface area is 250 Å². The summed E-state index contributed by atoms with van der Waals surface area (Å²) < 4.78 is 33.9. The number of hydrogen-bond donors (Lipinski definition) is 0. The molecule has 0 aliphatic carbocycles. The number of rotatable bonds is 27. The lowest BCUT2D eigenvalue weighted by Crippen LogP contribution is -2.37. The Balaban J connectivity index is 4.41. The van der Waals surface area contributed by atoms with Crippen molar-refractivity contribution in [1.29, 1.82) is 0 Å². The Kier molecular flexibility index (Phi) is 25.1. The molecular formula is C32H58NO7P. The van der Waals surface area contributed by atoms with Crippen molar-refractivity contribution in [1.82, 2.24) is 0 Å². The van der Waals surface area contributed by atoms with Gasteiger partial charge in [0.2, 0.25) is 0 Å². The average molecular weight is 600 g/mol. The number of hydrogen-bond acceptors (Lipinski definition) is 7. The molecule has 0 aliphatic rings. The molecule has 2 atom stereocenters. The van der Waals surface area contributed by atoms with Gasteiger partial charge in [0, 0.05) is 13.0 Å². The molecule has 0 fully saturated rings. The smallest absolute Gasteiger partial charge is 0.306 e. The number of quaternary nitrogens is 1. The van der Waals surface area contributed by atoms with Crippen LogP contribution in [0, 0.1) is 0 Å². The fourth-order valence-corrected chi connectivity index (χ4v) is 4.22. The lowest BCUT2D eigenvalue weighted by atomic mass is 10.1. The van der Waals surface area contributed by atoms with Gasteiger partial charge in [-0.05, 0) is 44.9 Å². The third-order valence-electron chi connectivity index (χ3n) is 5.89. The van der Waals surface area contributed by atoms with E-state index in [0.717, 1.165) is 70.6 Å². The normalized spacial score (nSPS) is 15.0. The van der Waals surface area contributed by atoms with E-state index in [1.54, 1.807) is 0 Å². The van der Waals surface area contributed by atoms with Gasteiger partial charge in [0.25, 0.3) is 7.82 Å². The molecule has 0 saturated carbocycles. The summed E-state index contributed by atoms with van der Waals surface area (Å²) in [6.45, 7) is 5.00. The first-order valence-electron chi connectivity index (χ1n) is 15.4. The van der Waals surface area contributed by atoms with Crippen LogP contribution >= 0.6 is 7.82 Å². The van der Waals surface area contributed by atoms with Gasteiger partial charge >= 0.3 is 5.97 Å². The first-order chi connectivity index (χ1) is 19.6. The van der Waals surface area contributed by atoms with Crippen LogP contribution in [-0.4, -0.2) is 70.7 Å². The molecule has 0 heterocycles. The summed E-state index contributed by atoms with van der Waals surface area (Å²) >= 11 is 0. The van der Waals surface area contributed by atoms with E-state index in [2.05, 4.69) is 62.5 Å². The van der Waals surface area contributed by atoms with Crippen LogP contribution in [0.3, 0.4) is 0 Å². The number of unbranched alkanes of at least 4 members (excludes halogenated alkanes) is 5. The van der Waals surface area contributed by atoms with E-state index in [9.17, 15) is 14.3 Å². The van der Waals surface area contributed by atoms with E-state index in [-0.39, 0.29) is 25.8 Å². The van der Waals surface area contributed by atoms with Crippen molar-refractivity contribution in [3.8, 4) is 0 Å². The van der Waals surface area contributed by atoms with Gasteiger partial charge in [0.05, 0.1) is 34.4 Å². The van der Waals surface area contributed by atoms with Crippen molar-refractivity contribution in [2.45, 2.75) is 97.0 Å². The van der Waals surface area contributed by atoms with Crippen LogP contribution in [0.15, 0.2) is 48.6 Å². The van der Waals surface area contributed by atoms with Gasteiger partial charge in [-0.2, -0.15) is 0 Å². The first-order valence-corrected chi connectivity index (χ1v) is 16.8. The molecule has 41 heavy (non-hydrogen) atoms. The molecule has 0 aromatic carbocycles. The highest BCUT2D eigenvalue weighted by Gasteiger charge is 2.20. The summed E-state index contributed by atoms with van der Waals surface area (Å²) in [5.74, 6) is -0.370. The van der Waals surface area contributed by atoms with E-state index < -0.39 is 13.9 Å². The third kappa shape index (κ3) is 29.7. The monoisotopic (exact) mass is 599 g/mol. The molecule has 8 nitrogen and oxygen atoms in total. The summed E-state index contributed by atoms with van der Waals surface area (Å²) in [5, 5.41) is 0. The molecule has 0 radical (unpaired) electrons. The quantitative estimate of drug-likeness (QED) is 0.0328.